The minimum atomic E-state index is -6.06. The number of hydrogen-bond donors (Lipinski definition) is 1. The van der Waals surface area contributed by atoms with Gasteiger partial charge in [0.15, 0.2) is 5.60 Å². The van der Waals surface area contributed by atoms with Crippen LogP contribution in [0.5, 0.6) is 0 Å². The third kappa shape index (κ3) is 7.47. The Hall–Kier alpha value is -2.05. The second-order valence-corrected chi connectivity index (χ2v) is 9.93. The van der Waals surface area contributed by atoms with Crippen molar-refractivity contribution < 1.29 is 60.0 Å². The predicted molar refractivity (Wildman–Crippen MR) is 111 cm³/mol. The summed E-state index contributed by atoms with van der Waals surface area (Å²) in [5, 5.41) is 9.27. The molecule has 0 aliphatic carbocycles. The molecule has 13 heteroatoms. The van der Waals surface area contributed by atoms with Crippen LogP contribution < -0.4 is 0 Å². The fourth-order valence-electron chi connectivity index (χ4n) is 2.45. The molecule has 1 aliphatic heterocycles. The van der Waals surface area contributed by atoms with Gasteiger partial charge in [0, 0.05) is 6.42 Å². The second kappa shape index (κ2) is 10.9. The van der Waals surface area contributed by atoms with E-state index in [0.717, 1.165) is 0 Å². The number of carbonyl (C=O) groups is 3. The lowest BCUT2D eigenvalue weighted by molar-refractivity contribution is -0.408. The van der Waals surface area contributed by atoms with Gasteiger partial charge in [0.25, 0.3) is 5.60 Å². The number of ether oxygens (including phenoxy) is 3. The first kappa shape index (κ1) is 33.0. The molecule has 1 atom stereocenters. The monoisotopic (exact) mass is 524 g/mol. The van der Waals surface area contributed by atoms with Gasteiger partial charge >= 0.3 is 30.3 Å². The van der Waals surface area contributed by atoms with Gasteiger partial charge in [0.2, 0.25) is 6.10 Å². The van der Waals surface area contributed by atoms with Crippen molar-refractivity contribution in [2.75, 3.05) is 6.61 Å². The van der Waals surface area contributed by atoms with Crippen molar-refractivity contribution in [2.45, 2.75) is 104 Å². The summed E-state index contributed by atoms with van der Waals surface area (Å²) in [5.41, 5.74) is -10.2. The minimum Gasteiger partial charge on any atom is -0.463 e. The molecule has 0 aromatic rings. The molecule has 1 rings (SSSR count). The van der Waals surface area contributed by atoms with E-state index in [-0.39, 0.29) is 12.4 Å². The number of halogens is 6. The molecule has 1 unspecified atom stereocenters. The summed E-state index contributed by atoms with van der Waals surface area (Å²) in [4.78, 5) is 34.3. The summed E-state index contributed by atoms with van der Waals surface area (Å²) < 4.78 is 90.7. The molecule has 7 nitrogen and oxygen atoms in total. The van der Waals surface area contributed by atoms with E-state index < -0.39 is 52.4 Å². The summed E-state index contributed by atoms with van der Waals surface area (Å²) in [6.45, 7) is 10.8. The van der Waals surface area contributed by atoms with E-state index in [1.165, 1.54) is 20.8 Å². The van der Waals surface area contributed by atoms with Crippen LogP contribution >= 0.6 is 0 Å². The van der Waals surface area contributed by atoms with Crippen molar-refractivity contribution in [2.24, 2.45) is 10.8 Å². The topological polar surface area (TPSA) is 99.1 Å². The molecular formula is C22H34F6O7. The maximum atomic E-state index is 12.8. The number of esters is 3. The third-order valence-corrected chi connectivity index (χ3v) is 6.05. The van der Waals surface area contributed by atoms with E-state index in [9.17, 15) is 45.8 Å². The minimum absolute atomic E-state index is 0.137. The lowest BCUT2D eigenvalue weighted by atomic mass is 9.83. The number of rotatable bonds is 7. The summed E-state index contributed by atoms with van der Waals surface area (Å²) >= 11 is 0. The number of cyclic esters (lactones) is 1. The first-order valence-corrected chi connectivity index (χ1v) is 10.9. The molecule has 35 heavy (non-hydrogen) atoms. The van der Waals surface area contributed by atoms with Crippen LogP contribution in [-0.2, 0) is 28.6 Å². The largest absolute Gasteiger partial charge is 0.463 e. The Morgan fingerprint density at radius 2 is 1.29 bits per heavy atom. The van der Waals surface area contributed by atoms with Crippen LogP contribution in [0.15, 0.2) is 0 Å². The average molecular weight is 524 g/mol. The highest BCUT2D eigenvalue weighted by Crippen LogP contribution is 2.51. The fraction of sp³-hybridized carbons (Fsp3) is 0.864. The van der Waals surface area contributed by atoms with E-state index in [1.54, 1.807) is 13.8 Å². The Kier molecular flexibility index (Phi) is 10.3. The molecule has 1 fully saturated rings. The van der Waals surface area contributed by atoms with Crippen LogP contribution in [0.25, 0.3) is 0 Å². The molecule has 0 radical (unpaired) electrons. The van der Waals surface area contributed by atoms with Gasteiger partial charge in [0.1, 0.15) is 0 Å². The summed E-state index contributed by atoms with van der Waals surface area (Å²) in [7, 11) is 0. The smallest absolute Gasteiger partial charge is 0.430 e. The van der Waals surface area contributed by atoms with Gasteiger partial charge in [0.05, 0.1) is 17.4 Å². The summed E-state index contributed by atoms with van der Waals surface area (Å²) in [6, 6.07) is 0. The molecule has 1 saturated heterocycles. The summed E-state index contributed by atoms with van der Waals surface area (Å²) in [5.74, 6) is -2.02. The van der Waals surface area contributed by atoms with E-state index in [0.29, 0.717) is 33.3 Å². The maximum absolute atomic E-state index is 12.8. The van der Waals surface area contributed by atoms with E-state index in [4.69, 9.17) is 9.47 Å². The highest BCUT2D eigenvalue weighted by atomic mass is 19.4. The second-order valence-electron chi connectivity index (χ2n) is 9.93. The molecule has 1 heterocycles. The van der Waals surface area contributed by atoms with Gasteiger partial charge in [-0.2, -0.15) is 26.3 Å². The molecule has 0 amide bonds. The molecule has 1 aliphatic rings. The Morgan fingerprint density at radius 3 is 1.60 bits per heavy atom. The van der Waals surface area contributed by atoms with Gasteiger partial charge in [-0.05, 0) is 54.4 Å². The fourth-order valence-corrected chi connectivity index (χ4v) is 2.45. The zero-order valence-electron chi connectivity index (χ0n) is 21.1. The third-order valence-electron chi connectivity index (χ3n) is 6.05. The quantitative estimate of drug-likeness (QED) is 0.288. The van der Waals surface area contributed by atoms with Gasteiger partial charge in [-0.25, -0.2) is 4.79 Å². The van der Waals surface area contributed by atoms with Crippen LogP contribution in [0.3, 0.4) is 0 Å². The number of carbonyl (C=O) groups excluding carboxylic acids is 3. The van der Waals surface area contributed by atoms with Crippen molar-refractivity contribution >= 4 is 17.9 Å². The van der Waals surface area contributed by atoms with Crippen LogP contribution in [0.4, 0.5) is 26.3 Å². The van der Waals surface area contributed by atoms with Crippen LogP contribution in [-0.4, -0.2) is 59.3 Å². The molecular weight excluding hydrogens is 490 g/mol. The predicted octanol–water partition coefficient (Wildman–Crippen LogP) is 4.88. The van der Waals surface area contributed by atoms with Crippen molar-refractivity contribution in [3.05, 3.63) is 0 Å². The zero-order valence-corrected chi connectivity index (χ0v) is 21.1. The number of hydrogen-bond acceptors (Lipinski definition) is 7. The highest BCUT2D eigenvalue weighted by molar-refractivity contribution is 5.82. The molecule has 0 spiro atoms. The van der Waals surface area contributed by atoms with Gasteiger partial charge in [-0.15, -0.1) is 0 Å². The van der Waals surface area contributed by atoms with Crippen LogP contribution in [0, 0.1) is 10.8 Å². The van der Waals surface area contributed by atoms with E-state index in [2.05, 4.69) is 4.74 Å². The maximum Gasteiger partial charge on any atom is 0.430 e. The Bertz CT molecular complexity index is 755. The van der Waals surface area contributed by atoms with Crippen molar-refractivity contribution in [1.82, 2.24) is 0 Å². The molecule has 0 bridgehead atoms. The van der Waals surface area contributed by atoms with Gasteiger partial charge in [-0.3, -0.25) is 9.59 Å². The van der Waals surface area contributed by atoms with Crippen LogP contribution in [0.1, 0.15) is 74.7 Å². The number of aliphatic hydroxyl groups is 1. The molecule has 0 saturated carbocycles. The van der Waals surface area contributed by atoms with Crippen LogP contribution in [0.2, 0.25) is 0 Å². The van der Waals surface area contributed by atoms with Crippen molar-refractivity contribution in [1.29, 1.82) is 0 Å². The average Bonchev–Trinajstić information content (AvgIpc) is 3.09. The van der Waals surface area contributed by atoms with E-state index >= 15 is 0 Å². The number of alkyl halides is 6. The highest BCUT2D eigenvalue weighted by Gasteiger charge is 2.78. The Balaban J connectivity index is 0.000000712. The Morgan fingerprint density at radius 1 is 0.886 bits per heavy atom. The first-order chi connectivity index (χ1) is 15.4. The van der Waals surface area contributed by atoms with Gasteiger partial charge in [-0.1, -0.05) is 13.8 Å². The van der Waals surface area contributed by atoms with Gasteiger partial charge < -0.3 is 19.3 Å². The van der Waals surface area contributed by atoms with Crippen molar-refractivity contribution in [3.63, 3.8) is 0 Å². The SMILES string of the molecule is CCC(C)(C)C(=O)OC(C)(C)C(O)(C(F)(F)F)C(F)(F)F.CCC(C)(C)C(=O)OC1CCOC1=O. The molecule has 0 aromatic carbocycles. The lowest BCUT2D eigenvalue weighted by Crippen LogP contribution is -2.70. The normalized spacial score (nSPS) is 17.8. The molecule has 1 N–H and O–H groups in total. The summed E-state index contributed by atoms with van der Waals surface area (Å²) in [6.07, 6.45) is -11.5. The Labute approximate surface area is 200 Å². The lowest BCUT2D eigenvalue weighted by Gasteiger charge is -2.44. The van der Waals surface area contributed by atoms with E-state index in [1.807, 2.05) is 6.92 Å². The standard InChI is InChI=1S/C12H18F6O3.C10H16O4/c1-6-8(2,3)7(19)21-9(4,5)10(20,11(13,14)15)12(16,17)18;1-4-10(2,3)9(12)14-7-5-6-13-8(7)11/h20H,6H2,1-5H3;7H,4-6H2,1-3H3. The molecule has 206 valence electrons. The molecule has 0 aromatic heterocycles. The van der Waals surface area contributed by atoms with Crippen molar-refractivity contribution in [3.8, 4) is 0 Å². The first-order valence-electron chi connectivity index (χ1n) is 10.9. The zero-order chi connectivity index (χ0) is 28.3.